The van der Waals surface area contributed by atoms with Crippen LogP contribution >= 0.6 is 22.7 Å². The van der Waals surface area contributed by atoms with Crippen molar-refractivity contribution < 1.29 is 19.8 Å². The molecule has 0 saturated carbocycles. The van der Waals surface area contributed by atoms with Crippen molar-refractivity contribution in [2.75, 3.05) is 0 Å². The molecule has 10 heteroatoms. The zero-order valence-electron chi connectivity index (χ0n) is 11.3. The third kappa shape index (κ3) is 3.85. The number of carboxylic acids is 2. The van der Waals surface area contributed by atoms with E-state index in [1.165, 1.54) is 33.4 Å². The molecule has 0 aromatic carbocycles. The summed E-state index contributed by atoms with van der Waals surface area (Å²) in [7, 11) is 0. The van der Waals surface area contributed by atoms with Crippen molar-refractivity contribution in [1.82, 2.24) is 9.97 Å². The van der Waals surface area contributed by atoms with Crippen LogP contribution in [-0.2, 0) is 0 Å². The molecule has 0 spiro atoms. The van der Waals surface area contributed by atoms with Crippen molar-refractivity contribution in [3.63, 3.8) is 0 Å². The van der Waals surface area contributed by atoms with Crippen LogP contribution in [-0.4, -0.2) is 32.1 Å². The lowest BCUT2D eigenvalue weighted by Crippen LogP contribution is -2.16. The summed E-state index contributed by atoms with van der Waals surface area (Å²) in [5.74, 6) is -2.18. The van der Waals surface area contributed by atoms with E-state index in [9.17, 15) is 9.59 Å². The number of nitrogens with two attached hydrogens (primary N) is 2. The van der Waals surface area contributed by atoms with Crippen molar-refractivity contribution in [2.24, 2.45) is 11.5 Å². The Hall–Kier alpha value is -1.88. The second kappa shape index (κ2) is 6.92. The fraction of sp³-hybridized carbons (Fsp3) is 0.333. The fourth-order valence-corrected chi connectivity index (χ4v) is 3.38. The van der Waals surface area contributed by atoms with Crippen molar-refractivity contribution in [1.29, 1.82) is 0 Å². The largest absolute Gasteiger partial charge is 0.476 e. The van der Waals surface area contributed by atoms with Crippen LogP contribution < -0.4 is 11.5 Å². The molecule has 0 aliphatic carbocycles. The molecule has 2 aromatic rings. The molecule has 0 aliphatic rings. The average molecular weight is 342 g/mol. The zero-order chi connectivity index (χ0) is 16.3. The first-order valence-electron chi connectivity index (χ1n) is 6.27. The second-order valence-corrected chi connectivity index (χ2v) is 6.32. The Bertz CT molecular complexity index is 626. The summed E-state index contributed by atoms with van der Waals surface area (Å²) >= 11 is 2.39. The number of thiazole rings is 2. The minimum atomic E-state index is -1.09. The van der Waals surface area contributed by atoms with Gasteiger partial charge >= 0.3 is 11.9 Å². The van der Waals surface area contributed by atoms with Crippen molar-refractivity contribution in [3.05, 3.63) is 32.2 Å². The molecule has 0 aliphatic heterocycles. The molecule has 2 heterocycles. The van der Waals surface area contributed by atoms with E-state index < -0.39 is 24.0 Å². The predicted octanol–water partition coefficient (Wildman–Crippen LogP) is 1.48. The lowest BCUT2D eigenvalue weighted by atomic mass is 10.1. The molecule has 8 nitrogen and oxygen atoms in total. The summed E-state index contributed by atoms with van der Waals surface area (Å²) in [4.78, 5) is 29.4. The van der Waals surface area contributed by atoms with Crippen LogP contribution in [0.3, 0.4) is 0 Å². The van der Waals surface area contributed by atoms with Gasteiger partial charge in [0.1, 0.15) is 10.0 Å². The van der Waals surface area contributed by atoms with Gasteiger partial charge in [0.05, 0.1) is 12.1 Å². The van der Waals surface area contributed by atoms with Gasteiger partial charge in [-0.05, 0) is 12.8 Å². The Kier molecular flexibility index (Phi) is 5.19. The van der Waals surface area contributed by atoms with Gasteiger partial charge < -0.3 is 21.7 Å². The fourth-order valence-electron chi connectivity index (χ4n) is 1.72. The number of aromatic nitrogens is 2. The lowest BCUT2D eigenvalue weighted by Gasteiger charge is -2.12. The minimum Gasteiger partial charge on any atom is -0.476 e. The third-order valence-corrected chi connectivity index (χ3v) is 4.86. The van der Waals surface area contributed by atoms with Crippen LogP contribution in [0.15, 0.2) is 10.8 Å². The van der Waals surface area contributed by atoms with E-state index in [1.807, 2.05) is 0 Å². The SMILES string of the molecule is NC(CCC(N)c1nc(C(=O)O)cs1)c1nc(C(=O)O)cs1. The maximum atomic E-state index is 10.8. The molecule has 2 atom stereocenters. The molecule has 0 fully saturated rings. The van der Waals surface area contributed by atoms with Gasteiger partial charge in [-0.3, -0.25) is 0 Å². The molecular weight excluding hydrogens is 328 g/mol. The molecule has 2 rings (SSSR count). The smallest absolute Gasteiger partial charge is 0.355 e. The van der Waals surface area contributed by atoms with Crippen LogP contribution in [0.2, 0.25) is 0 Å². The maximum Gasteiger partial charge on any atom is 0.355 e. The third-order valence-electron chi connectivity index (χ3n) is 2.91. The van der Waals surface area contributed by atoms with E-state index in [1.54, 1.807) is 0 Å². The monoisotopic (exact) mass is 342 g/mol. The average Bonchev–Trinajstić information content (AvgIpc) is 3.12. The minimum absolute atomic E-state index is 0.0224. The second-order valence-electron chi connectivity index (χ2n) is 4.54. The molecule has 0 amide bonds. The summed E-state index contributed by atoms with van der Waals surface area (Å²) in [6.07, 6.45) is 0.992. The van der Waals surface area contributed by atoms with Gasteiger partial charge in [0.2, 0.25) is 0 Å². The van der Waals surface area contributed by atoms with E-state index in [4.69, 9.17) is 21.7 Å². The summed E-state index contributed by atoms with van der Waals surface area (Å²) in [6, 6.07) is -0.828. The topological polar surface area (TPSA) is 152 Å². The predicted molar refractivity (Wildman–Crippen MR) is 81.2 cm³/mol. The van der Waals surface area contributed by atoms with Gasteiger partial charge in [-0.15, -0.1) is 22.7 Å². The quantitative estimate of drug-likeness (QED) is 0.590. The first-order chi connectivity index (χ1) is 10.4. The molecule has 2 unspecified atom stereocenters. The van der Waals surface area contributed by atoms with E-state index in [-0.39, 0.29) is 11.4 Å². The number of rotatable bonds is 7. The first kappa shape index (κ1) is 16.5. The Morgan fingerprint density at radius 3 is 1.59 bits per heavy atom. The van der Waals surface area contributed by atoms with Gasteiger partial charge in [-0.2, -0.15) is 0 Å². The van der Waals surface area contributed by atoms with Gasteiger partial charge in [0.15, 0.2) is 11.4 Å². The number of aromatic carboxylic acids is 2. The lowest BCUT2D eigenvalue weighted by molar-refractivity contribution is 0.0680. The maximum absolute atomic E-state index is 10.8. The van der Waals surface area contributed by atoms with Crippen LogP contribution in [0.4, 0.5) is 0 Å². The van der Waals surface area contributed by atoms with E-state index in [2.05, 4.69) is 9.97 Å². The summed E-state index contributed by atoms with van der Waals surface area (Å²) in [5.41, 5.74) is 11.9. The highest BCUT2D eigenvalue weighted by Crippen LogP contribution is 2.26. The Labute approximate surface area is 133 Å². The number of hydrogen-bond donors (Lipinski definition) is 4. The summed E-state index contributed by atoms with van der Waals surface area (Å²) < 4.78 is 0. The van der Waals surface area contributed by atoms with Crippen molar-refractivity contribution >= 4 is 34.6 Å². The van der Waals surface area contributed by atoms with Gasteiger partial charge in [0.25, 0.3) is 0 Å². The molecular formula is C12H14N4O4S2. The molecule has 22 heavy (non-hydrogen) atoms. The highest BCUT2D eigenvalue weighted by molar-refractivity contribution is 7.10. The van der Waals surface area contributed by atoms with Crippen LogP contribution in [0, 0.1) is 0 Å². The normalized spacial score (nSPS) is 13.7. The standard InChI is InChI=1S/C12H14N4O4S2/c13-5(9-15-7(3-21-9)11(17)18)1-2-6(14)10-16-8(4-22-10)12(19)20/h3-6H,1-2,13-14H2,(H,17,18)(H,19,20). The number of carbonyl (C=O) groups is 2. The molecule has 118 valence electrons. The van der Waals surface area contributed by atoms with E-state index >= 15 is 0 Å². The highest BCUT2D eigenvalue weighted by Gasteiger charge is 2.18. The number of carboxylic acid groups (broad SMARTS) is 2. The first-order valence-corrected chi connectivity index (χ1v) is 8.03. The molecule has 0 saturated heterocycles. The zero-order valence-corrected chi connectivity index (χ0v) is 12.9. The van der Waals surface area contributed by atoms with Gasteiger partial charge in [0, 0.05) is 10.8 Å². The van der Waals surface area contributed by atoms with Crippen LogP contribution in [0.5, 0.6) is 0 Å². The van der Waals surface area contributed by atoms with E-state index in [0.29, 0.717) is 22.9 Å². The number of hydrogen-bond acceptors (Lipinski definition) is 8. The molecule has 2 aromatic heterocycles. The van der Waals surface area contributed by atoms with Crippen molar-refractivity contribution in [2.45, 2.75) is 24.9 Å². The molecule has 0 radical (unpaired) electrons. The molecule has 6 N–H and O–H groups in total. The Morgan fingerprint density at radius 2 is 1.32 bits per heavy atom. The Morgan fingerprint density at radius 1 is 0.955 bits per heavy atom. The summed E-state index contributed by atoms with van der Waals surface area (Å²) in [6.45, 7) is 0. The van der Waals surface area contributed by atoms with Crippen LogP contribution in [0.25, 0.3) is 0 Å². The van der Waals surface area contributed by atoms with Crippen molar-refractivity contribution in [3.8, 4) is 0 Å². The molecule has 0 bridgehead atoms. The van der Waals surface area contributed by atoms with Gasteiger partial charge in [-0.25, -0.2) is 19.6 Å². The van der Waals surface area contributed by atoms with Crippen LogP contribution in [0.1, 0.15) is 55.9 Å². The summed E-state index contributed by atoms with van der Waals surface area (Å²) in [5, 5.41) is 21.6. The van der Waals surface area contributed by atoms with E-state index in [0.717, 1.165) is 0 Å². The van der Waals surface area contributed by atoms with Gasteiger partial charge in [-0.1, -0.05) is 0 Å². The Balaban J connectivity index is 1.92. The highest BCUT2D eigenvalue weighted by atomic mass is 32.1. The number of nitrogens with zero attached hydrogens (tertiary/aromatic N) is 2.